The predicted molar refractivity (Wildman–Crippen MR) is 162 cm³/mol. The van der Waals surface area contributed by atoms with Crippen LogP contribution in [-0.4, -0.2) is 78.1 Å². The fourth-order valence-corrected chi connectivity index (χ4v) is 6.96. The number of hydrogen-bond donors (Lipinski definition) is 1. The molecule has 2 amide bonds. The summed E-state index contributed by atoms with van der Waals surface area (Å²) in [7, 11) is 0. The predicted octanol–water partition coefficient (Wildman–Crippen LogP) is 5.48. The van der Waals surface area contributed by atoms with Gasteiger partial charge in [-0.3, -0.25) is 9.59 Å². The van der Waals surface area contributed by atoms with Crippen molar-refractivity contribution in [3.05, 3.63) is 66.1 Å². The van der Waals surface area contributed by atoms with Crippen molar-refractivity contribution in [3.63, 3.8) is 0 Å². The van der Waals surface area contributed by atoms with E-state index in [4.69, 9.17) is 9.15 Å². The molecule has 0 radical (unpaired) electrons. The number of carbonyl (C=O) groups excluding carboxylic acids is 2. The summed E-state index contributed by atoms with van der Waals surface area (Å²) >= 11 is 0. The molecule has 1 unspecified atom stereocenters. The Balaban J connectivity index is 0.998. The molecule has 0 spiro atoms. The van der Waals surface area contributed by atoms with Crippen LogP contribution in [0.1, 0.15) is 78.6 Å². The fourth-order valence-electron chi connectivity index (χ4n) is 6.96. The van der Waals surface area contributed by atoms with Crippen molar-refractivity contribution in [2.75, 3.05) is 39.4 Å². The van der Waals surface area contributed by atoms with Gasteiger partial charge in [0.25, 0.3) is 11.8 Å². The molecule has 2 aliphatic heterocycles. The molecule has 0 bridgehead atoms. The number of nitrogens with zero attached hydrogens (tertiary/aromatic N) is 3. The third-order valence-corrected chi connectivity index (χ3v) is 9.48. The molecule has 3 fully saturated rings. The summed E-state index contributed by atoms with van der Waals surface area (Å²) in [5, 5.41) is 3.20. The minimum Gasteiger partial charge on any atom is -0.444 e. The average molecular weight is 573 g/mol. The summed E-state index contributed by atoms with van der Waals surface area (Å²) in [4.78, 5) is 35.3. The van der Waals surface area contributed by atoms with E-state index in [1.54, 1.807) is 0 Å². The van der Waals surface area contributed by atoms with Crippen LogP contribution in [0.25, 0.3) is 11.5 Å². The second-order valence-corrected chi connectivity index (χ2v) is 12.4. The molecule has 1 N–H and O–H groups in total. The molecule has 1 aromatic carbocycles. The maximum atomic E-state index is 13.1. The molecule has 1 aromatic heterocycles. The van der Waals surface area contributed by atoms with Gasteiger partial charge in [-0.1, -0.05) is 37.1 Å². The third kappa shape index (κ3) is 7.04. The fraction of sp³-hybridized carbons (Fsp3) is 0.559. The van der Waals surface area contributed by atoms with Gasteiger partial charge in [0.2, 0.25) is 5.89 Å². The minimum absolute atomic E-state index is 0.0684. The van der Waals surface area contributed by atoms with Gasteiger partial charge < -0.3 is 24.3 Å². The third-order valence-electron chi connectivity index (χ3n) is 9.48. The molecule has 2 saturated heterocycles. The Hall–Kier alpha value is -3.23. The average Bonchev–Trinajstić information content (AvgIpc) is 3.76. The van der Waals surface area contributed by atoms with Crippen LogP contribution >= 0.6 is 0 Å². The van der Waals surface area contributed by atoms with Crippen molar-refractivity contribution in [1.82, 2.24) is 20.1 Å². The molecular weight excluding hydrogens is 528 g/mol. The van der Waals surface area contributed by atoms with E-state index in [1.807, 2.05) is 29.2 Å². The molecule has 8 nitrogen and oxygen atoms in total. The van der Waals surface area contributed by atoms with E-state index in [9.17, 15) is 9.59 Å². The summed E-state index contributed by atoms with van der Waals surface area (Å²) in [5.41, 5.74) is 1.69. The highest BCUT2D eigenvalue weighted by atomic mass is 16.5. The number of carbonyl (C=O) groups is 2. The summed E-state index contributed by atoms with van der Waals surface area (Å²) in [6, 6.07) is 8.06. The van der Waals surface area contributed by atoms with Crippen molar-refractivity contribution in [1.29, 1.82) is 0 Å². The van der Waals surface area contributed by atoms with Crippen LogP contribution in [-0.2, 0) is 4.74 Å². The number of amides is 2. The van der Waals surface area contributed by atoms with E-state index < -0.39 is 0 Å². The lowest BCUT2D eigenvalue weighted by Gasteiger charge is -2.36. The van der Waals surface area contributed by atoms with Crippen LogP contribution in [0.2, 0.25) is 0 Å². The van der Waals surface area contributed by atoms with Crippen molar-refractivity contribution >= 4 is 11.8 Å². The standard InChI is InChI=1S/C34H44N4O4/c39-32(35-30-11-5-4-10-28(30)23-41-22-25-8-2-1-3-9-25)31-24-42-33(36-31)26-12-14-27(15-13-26)34(40)38-20-16-29(17-21-38)37-18-6-7-19-37/h1-3,8,12-15,24-25,28-30H,4-7,9-11,16-23H2,(H,35,39)/t25?,28-,30+/m1/s1. The lowest BCUT2D eigenvalue weighted by molar-refractivity contribution is 0.0535. The number of allylic oxidation sites excluding steroid dienone is 3. The van der Waals surface area contributed by atoms with Crippen LogP contribution in [0.5, 0.6) is 0 Å². The van der Waals surface area contributed by atoms with Crippen molar-refractivity contribution < 1.29 is 18.7 Å². The van der Waals surface area contributed by atoms with Gasteiger partial charge in [0, 0.05) is 48.1 Å². The van der Waals surface area contributed by atoms with Gasteiger partial charge in [-0.05, 0) is 82.3 Å². The highest BCUT2D eigenvalue weighted by molar-refractivity contribution is 5.95. The molecule has 42 heavy (non-hydrogen) atoms. The number of oxazole rings is 1. The molecule has 8 heteroatoms. The lowest BCUT2D eigenvalue weighted by Crippen LogP contribution is -2.45. The van der Waals surface area contributed by atoms with Crippen LogP contribution in [0, 0.1) is 11.8 Å². The molecule has 1 saturated carbocycles. The van der Waals surface area contributed by atoms with Gasteiger partial charge in [0.15, 0.2) is 5.69 Å². The Morgan fingerprint density at radius 2 is 1.71 bits per heavy atom. The Labute approximate surface area is 249 Å². The van der Waals surface area contributed by atoms with Crippen molar-refractivity contribution in [2.45, 2.75) is 69.9 Å². The summed E-state index contributed by atoms with van der Waals surface area (Å²) in [6.45, 7) is 5.40. The highest BCUT2D eigenvalue weighted by Crippen LogP contribution is 2.27. The number of hydrogen-bond acceptors (Lipinski definition) is 6. The molecule has 3 heterocycles. The zero-order valence-electron chi connectivity index (χ0n) is 24.6. The van der Waals surface area contributed by atoms with E-state index >= 15 is 0 Å². The first-order chi connectivity index (χ1) is 20.6. The largest absolute Gasteiger partial charge is 0.444 e. The topological polar surface area (TPSA) is 87.9 Å². The first-order valence-electron chi connectivity index (χ1n) is 16.0. The van der Waals surface area contributed by atoms with E-state index in [1.165, 1.54) is 32.2 Å². The smallest absolute Gasteiger partial charge is 0.273 e. The van der Waals surface area contributed by atoms with Gasteiger partial charge in [-0.2, -0.15) is 0 Å². The van der Waals surface area contributed by atoms with Gasteiger partial charge >= 0.3 is 0 Å². The molecular formula is C34H44N4O4. The monoisotopic (exact) mass is 572 g/mol. The zero-order valence-corrected chi connectivity index (χ0v) is 24.6. The minimum atomic E-state index is -0.216. The SMILES string of the molecule is O=C(N[C@H]1CCCC[C@@H]1COCC1C=CC=CC1)c1coc(-c2ccc(C(=O)N3CCC(N4CCCC4)CC3)cc2)n1. The number of likely N-dealkylation sites (tertiary alicyclic amines) is 2. The molecule has 2 aromatic rings. The molecule has 6 rings (SSSR count). The Bertz CT molecular complexity index is 1250. The second-order valence-electron chi connectivity index (χ2n) is 12.4. The Kier molecular flexibility index (Phi) is 9.50. The Morgan fingerprint density at radius 3 is 2.48 bits per heavy atom. The van der Waals surface area contributed by atoms with Crippen LogP contribution < -0.4 is 5.32 Å². The number of nitrogens with one attached hydrogen (secondary N) is 1. The first kappa shape index (κ1) is 28.9. The molecule has 4 aliphatic rings. The Morgan fingerprint density at radius 1 is 0.929 bits per heavy atom. The highest BCUT2D eigenvalue weighted by Gasteiger charge is 2.30. The summed E-state index contributed by atoms with van der Waals surface area (Å²) in [6.07, 6.45) is 19.9. The number of benzene rings is 1. The van der Waals surface area contributed by atoms with Crippen LogP contribution in [0.4, 0.5) is 0 Å². The number of piperidine rings is 1. The van der Waals surface area contributed by atoms with E-state index in [0.29, 0.717) is 42.5 Å². The number of ether oxygens (including phenoxy) is 1. The molecule has 2 aliphatic carbocycles. The second kappa shape index (κ2) is 13.8. The van der Waals surface area contributed by atoms with Gasteiger partial charge in [-0.15, -0.1) is 0 Å². The quantitative estimate of drug-likeness (QED) is 0.428. The van der Waals surface area contributed by atoms with Crippen LogP contribution in [0.15, 0.2) is 59.2 Å². The van der Waals surface area contributed by atoms with Gasteiger partial charge in [-0.25, -0.2) is 4.98 Å². The van der Waals surface area contributed by atoms with E-state index in [0.717, 1.165) is 63.6 Å². The normalized spacial score (nSPS) is 25.1. The summed E-state index contributed by atoms with van der Waals surface area (Å²) in [5.74, 6) is 0.972. The maximum Gasteiger partial charge on any atom is 0.273 e. The maximum absolute atomic E-state index is 13.1. The number of rotatable bonds is 9. The van der Waals surface area contributed by atoms with E-state index in [2.05, 4.69) is 39.5 Å². The molecule has 224 valence electrons. The number of aromatic nitrogens is 1. The first-order valence-corrected chi connectivity index (χ1v) is 16.0. The van der Waals surface area contributed by atoms with Gasteiger partial charge in [0.1, 0.15) is 6.26 Å². The van der Waals surface area contributed by atoms with Crippen LogP contribution in [0.3, 0.4) is 0 Å². The molecule has 3 atom stereocenters. The summed E-state index contributed by atoms with van der Waals surface area (Å²) < 4.78 is 11.8. The van der Waals surface area contributed by atoms with Crippen molar-refractivity contribution in [2.24, 2.45) is 11.8 Å². The van der Waals surface area contributed by atoms with Gasteiger partial charge in [0.05, 0.1) is 13.2 Å². The van der Waals surface area contributed by atoms with Crippen molar-refractivity contribution in [3.8, 4) is 11.5 Å². The van der Waals surface area contributed by atoms with E-state index in [-0.39, 0.29) is 23.6 Å². The zero-order chi connectivity index (χ0) is 28.7. The lowest BCUT2D eigenvalue weighted by atomic mass is 9.85.